The Bertz CT molecular complexity index is 518. The lowest BCUT2D eigenvalue weighted by Crippen LogP contribution is -2.35. The highest BCUT2D eigenvalue weighted by atomic mass is 32.2. The molecule has 0 aliphatic carbocycles. The van der Waals surface area contributed by atoms with E-state index in [-0.39, 0.29) is 17.2 Å². The van der Waals surface area contributed by atoms with Gasteiger partial charge < -0.3 is 5.32 Å². The molecule has 1 amide bonds. The highest BCUT2D eigenvalue weighted by Gasteiger charge is 2.17. The van der Waals surface area contributed by atoms with Gasteiger partial charge in [-0.2, -0.15) is 0 Å². The third-order valence-corrected chi connectivity index (χ3v) is 4.58. The van der Waals surface area contributed by atoms with Crippen LogP contribution in [0.3, 0.4) is 0 Å². The molecule has 0 aliphatic heterocycles. The van der Waals surface area contributed by atoms with Gasteiger partial charge in [0.1, 0.15) is 0 Å². The molecule has 0 unspecified atom stereocenters. The Morgan fingerprint density at radius 2 is 2.06 bits per heavy atom. The normalized spacial score (nSPS) is 12.9. The van der Waals surface area contributed by atoms with Crippen LogP contribution < -0.4 is 5.32 Å². The first-order chi connectivity index (χ1) is 8.56. The lowest BCUT2D eigenvalue weighted by atomic mass is 10.3. The summed E-state index contributed by atoms with van der Waals surface area (Å²) in [5, 5.41) is 2.80. The van der Waals surface area contributed by atoms with Crippen molar-refractivity contribution in [3.05, 3.63) is 24.3 Å². The van der Waals surface area contributed by atoms with Gasteiger partial charge >= 0.3 is 0 Å². The average Bonchev–Trinajstić information content (AvgIpc) is 2.69. The van der Waals surface area contributed by atoms with E-state index in [4.69, 9.17) is 0 Å². The van der Waals surface area contributed by atoms with Crippen molar-refractivity contribution >= 4 is 39.2 Å². The molecule has 2 aromatic rings. The second-order valence-corrected chi connectivity index (χ2v) is 6.99. The molecule has 0 saturated heterocycles. The fraction of sp³-hybridized carbons (Fsp3) is 0.385. The molecule has 96 valence electrons. The SMILES string of the molecule is CC(C)NC(=O)[C@@H](C)Sc1nc2ccccc2s1. The summed E-state index contributed by atoms with van der Waals surface area (Å²) in [6.07, 6.45) is 0. The van der Waals surface area contributed by atoms with Gasteiger partial charge in [-0.1, -0.05) is 23.9 Å². The molecule has 0 bridgehead atoms. The van der Waals surface area contributed by atoms with E-state index in [2.05, 4.69) is 16.4 Å². The molecule has 2 rings (SSSR count). The minimum atomic E-state index is -0.118. The first kappa shape index (κ1) is 13.4. The first-order valence-electron chi connectivity index (χ1n) is 5.89. The maximum Gasteiger partial charge on any atom is 0.233 e. The molecule has 0 fully saturated rings. The number of nitrogens with zero attached hydrogens (tertiary/aromatic N) is 1. The van der Waals surface area contributed by atoms with Crippen LogP contribution in [0.25, 0.3) is 10.2 Å². The summed E-state index contributed by atoms with van der Waals surface area (Å²) in [5.41, 5.74) is 1.00. The monoisotopic (exact) mass is 280 g/mol. The number of rotatable bonds is 4. The van der Waals surface area contributed by atoms with Crippen LogP contribution in [0.1, 0.15) is 20.8 Å². The lowest BCUT2D eigenvalue weighted by molar-refractivity contribution is -0.120. The van der Waals surface area contributed by atoms with Crippen LogP contribution in [0.4, 0.5) is 0 Å². The van der Waals surface area contributed by atoms with Crippen molar-refractivity contribution < 1.29 is 4.79 Å². The van der Waals surface area contributed by atoms with Crippen LogP contribution in [0, 0.1) is 0 Å². The van der Waals surface area contributed by atoms with Crippen LogP contribution in [-0.2, 0) is 4.79 Å². The van der Waals surface area contributed by atoms with E-state index in [0.717, 1.165) is 14.6 Å². The highest BCUT2D eigenvalue weighted by molar-refractivity contribution is 8.02. The maximum atomic E-state index is 11.8. The number of carbonyl (C=O) groups excluding carboxylic acids is 1. The van der Waals surface area contributed by atoms with Gasteiger partial charge in [0.2, 0.25) is 5.91 Å². The number of para-hydroxylation sites is 1. The molecule has 0 spiro atoms. The maximum absolute atomic E-state index is 11.8. The number of carbonyl (C=O) groups is 1. The minimum Gasteiger partial charge on any atom is -0.353 e. The van der Waals surface area contributed by atoms with Gasteiger partial charge in [-0.25, -0.2) is 4.98 Å². The second-order valence-electron chi connectivity index (χ2n) is 4.37. The average molecular weight is 280 g/mol. The van der Waals surface area contributed by atoms with Crippen molar-refractivity contribution in [3.8, 4) is 0 Å². The number of thiazole rings is 1. The van der Waals surface area contributed by atoms with Crippen molar-refractivity contribution in [3.63, 3.8) is 0 Å². The molecule has 5 heteroatoms. The Kier molecular flexibility index (Phi) is 4.24. The zero-order valence-electron chi connectivity index (χ0n) is 10.6. The molecule has 1 aromatic heterocycles. The number of aromatic nitrogens is 1. The van der Waals surface area contributed by atoms with Crippen molar-refractivity contribution in [2.24, 2.45) is 0 Å². The predicted octanol–water partition coefficient (Wildman–Crippen LogP) is 3.30. The first-order valence-corrected chi connectivity index (χ1v) is 7.58. The van der Waals surface area contributed by atoms with Crippen LogP contribution in [-0.4, -0.2) is 22.2 Å². The standard InChI is InChI=1S/C13H16N2OS2/c1-8(2)14-12(16)9(3)17-13-15-10-6-4-5-7-11(10)18-13/h4-9H,1-3H3,(H,14,16)/t9-/m1/s1. The van der Waals surface area contributed by atoms with Gasteiger partial charge in [-0.05, 0) is 32.9 Å². The summed E-state index contributed by atoms with van der Waals surface area (Å²) in [5.74, 6) is 0.0641. The number of nitrogens with one attached hydrogen (secondary N) is 1. The Labute approximate surface area is 115 Å². The van der Waals surface area contributed by atoms with E-state index in [1.807, 2.05) is 39.0 Å². The number of amides is 1. The zero-order valence-corrected chi connectivity index (χ0v) is 12.3. The number of hydrogen-bond donors (Lipinski definition) is 1. The summed E-state index contributed by atoms with van der Waals surface area (Å²) in [6, 6.07) is 8.20. The van der Waals surface area contributed by atoms with Crippen molar-refractivity contribution in [2.45, 2.75) is 36.4 Å². The smallest absolute Gasteiger partial charge is 0.233 e. The number of thioether (sulfide) groups is 1. The molecule has 1 aromatic carbocycles. The zero-order chi connectivity index (χ0) is 13.1. The van der Waals surface area contributed by atoms with Crippen molar-refractivity contribution in [1.82, 2.24) is 10.3 Å². The fourth-order valence-electron chi connectivity index (χ4n) is 1.51. The summed E-state index contributed by atoms with van der Waals surface area (Å²) in [6.45, 7) is 5.84. The third-order valence-electron chi connectivity index (χ3n) is 2.35. The van der Waals surface area contributed by atoms with Gasteiger partial charge in [0.25, 0.3) is 0 Å². The summed E-state index contributed by atoms with van der Waals surface area (Å²) < 4.78 is 2.11. The van der Waals surface area contributed by atoms with Gasteiger partial charge in [0.05, 0.1) is 15.5 Å². The molecule has 1 atom stereocenters. The molecular formula is C13H16N2OS2. The van der Waals surface area contributed by atoms with Gasteiger partial charge in [-0.15, -0.1) is 11.3 Å². The Morgan fingerprint density at radius 1 is 1.33 bits per heavy atom. The minimum absolute atomic E-state index is 0.0641. The number of benzene rings is 1. The lowest BCUT2D eigenvalue weighted by Gasteiger charge is -2.12. The molecular weight excluding hydrogens is 264 g/mol. The predicted molar refractivity (Wildman–Crippen MR) is 78.2 cm³/mol. The molecule has 18 heavy (non-hydrogen) atoms. The van der Waals surface area contributed by atoms with Gasteiger partial charge in [-0.3, -0.25) is 4.79 Å². The van der Waals surface area contributed by atoms with E-state index >= 15 is 0 Å². The fourth-order valence-corrected chi connectivity index (χ4v) is 3.73. The largest absolute Gasteiger partial charge is 0.353 e. The van der Waals surface area contributed by atoms with Crippen LogP contribution in [0.15, 0.2) is 28.6 Å². The summed E-state index contributed by atoms with van der Waals surface area (Å²) in [4.78, 5) is 16.3. The van der Waals surface area contributed by atoms with Gasteiger partial charge in [0.15, 0.2) is 4.34 Å². The van der Waals surface area contributed by atoms with E-state index in [0.29, 0.717) is 0 Å². The number of fused-ring (bicyclic) bond motifs is 1. The highest BCUT2D eigenvalue weighted by Crippen LogP contribution is 2.31. The molecule has 3 nitrogen and oxygen atoms in total. The molecule has 1 N–H and O–H groups in total. The van der Waals surface area contributed by atoms with E-state index < -0.39 is 0 Å². The Hall–Kier alpha value is -1.07. The number of hydrogen-bond acceptors (Lipinski definition) is 4. The Morgan fingerprint density at radius 3 is 2.72 bits per heavy atom. The molecule has 0 aliphatic rings. The molecule has 0 saturated carbocycles. The van der Waals surface area contributed by atoms with Crippen LogP contribution in [0.2, 0.25) is 0 Å². The topological polar surface area (TPSA) is 42.0 Å². The van der Waals surface area contributed by atoms with E-state index in [9.17, 15) is 4.79 Å². The molecule has 0 radical (unpaired) electrons. The third kappa shape index (κ3) is 3.23. The van der Waals surface area contributed by atoms with Crippen molar-refractivity contribution in [2.75, 3.05) is 0 Å². The van der Waals surface area contributed by atoms with E-state index in [1.54, 1.807) is 11.3 Å². The van der Waals surface area contributed by atoms with E-state index in [1.165, 1.54) is 11.8 Å². The summed E-state index contributed by atoms with van der Waals surface area (Å²) >= 11 is 3.15. The quantitative estimate of drug-likeness (QED) is 0.874. The second kappa shape index (κ2) is 5.71. The van der Waals surface area contributed by atoms with Crippen LogP contribution in [0.5, 0.6) is 0 Å². The summed E-state index contributed by atoms with van der Waals surface area (Å²) in [7, 11) is 0. The van der Waals surface area contributed by atoms with Crippen LogP contribution >= 0.6 is 23.1 Å². The molecule has 1 heterocycles. The Balaban J connectivity index is 2.06. The van der Waals surface area contributed by atoms with Gasteiger partial charge in [0, 0.05) is 6.04 Å². The van der Waals surface area contributed by atoms with Crippen molar-refractivity contribution in [1.29, 1.82) is 0 Å².